The maximum absolute atomic E-state index is 13.2. The van der Waals surface area contributed by atoms with Gasteiger partial charge in [-0.05, 0) is 183 Å². The molecule has 0 radical (unpaired) electrons. The van der Waals surface area contributed by atoms with Gasteiger partial charge in [0.2, 0.25) is 0 Å². The number of carbonyl (C=O) groups is 5. The molecule has 13 atom stereocenters. The van der Waals surface area contributed by atoms with Crippen LogP contribution in [0.4, 0.5) is 0 Å². The van der Waals surface area contributed by atoms with Crippen LogP contribution in [0, 0.1) is 31.6 Å². The number of phenolic OH excluding ortho intramolecular Hbond substituents is 1. The largest absolute Gasteiger partial charge is 0.507 e. The lowest BCUT2D eigenvalue weighted by Crippen LogP contribution is -2.34. The molecule has 7 N–H and O–H groups in total. The Kier molecular flexibility index (Phi) is 30.8. The molecule has 0 bridgehead atoms. The predicted octanol–water partition coefficient (Wildman–Crippen LogP) is 10.9. The standard InChI is InChI=1S/C27H38O5.C26H34O6.C22H28O7.CH4O/c1-7-8-10-20-15-13-18(3)24-21(20)11-9-12-23-25(32-27(5,6)31-23)22(28)16-14-17(2)19(4)30-26(24)29;1-16-12-14-21(28)24-22(31-26(4,5)32-24)10-6-9-20-19(8-7-15-27)13-11-17(2)23(20)25(29)30-18(16)3;1-13-8-10-19(26)21(27)18(25)7-3-6-16-15(5-4-12-23)9-11-17(24)20(16)22(28)29-14(13)2;1-2/h9,11,13-17,19,22-23,25,28H,7-8,10,12H2,1-6H3;6,9,11-14,16,18,22,24,27H,7-8,10,15H2,1-5H3;3,6,8-11,13-14,18,21,23-25,27H,4-5,7,12H2,1-2H3;2H,1H3/b11-9+,16-14-;9-6?,14-12-;6-3+,10-8-;/t17-,19+,22?,23+,25-;16-,18+,22+,24-;13-,14+,18+,21+;/m111./s1. The Bertz CT molecular complexity index is 3260. The zero-order chi connectivity index (χ0) is 70.5. The van der Waals surface area contributed by atoms with Gasteiger partial charge in [0.05, 0.1) is 29.4 Å². The number of hydrogen-bond acceptors (Lipinski definition) is 19. The van der Waals surface area contributed by atoms with Crippen molar-refractivity contribution in [1.29, 1.82) is 0 Å². The minimum atomic E-state index is -1.57. The zero-order valence-electron chi connectivity index (χ0n) is 57.9. The van der Waals surface area contributed by atoms with E-state index in [2.05, 4.69) is 13.0 Å². The van der Waals surface area contributed by atoms with E-state index < -0.39 is 72.2 Å². The number of aryl methyl sites for hydroxylation is 5. The Labute approximate surface area is 561 Å². The minimum absolute atomic E-state index is 0.00268. The normalized spacial score (nSPS) is 29.3. The lowest BCUT2D eigenvalue weighted by molar-refractivity contribution is -0.152. The minimum Gasteiger partial charge on any atom is -0.507 e. The average Bonchev–Trinajstić information content (AvgIpc) is 1.39. The Morgan fingerprint density at radius 3 is 1.39 bits per heavy atom. The van der Waals surface area contributed by atoms with E-state index in [4.69, 9.17) is 43.4 Å². The van der Waals surface area contributed by atoms with Gasteiger partial charge in [-0.2, -0.15) is 0 Å². The first kappa shape index (κ1) is 78.9. The van der Waals surface area contributed by atoms with Gasteiger partial charge in [-0.15, -0.1) is 0 Å². The summed E-state index contributed by atoms with van der Waals surface area (Å²) in [6.45, 7) is 24.4. The second-order valence-electron chi connectivity index (χ2n) is 25.9. The third kappa shape index (κ3) is 22.1. The molecule has 3 aromatic carbocycles. The monoisotopic (exact) mass is 1320 g/mol. The van der Waals surface area contributed by atoms with Crippen molar-refractivity contribution in [3.63, 3.8) is 0 Å². The lowest BCUT2D eigenvalue weighted by atomic mass is 9.92. The second kappa shape index (κ2) is 37.1. The molecular formula is C76H104O19. The fraction of sp³-hybridized carbons (Fsp3) is 0.539. The SMILES string of the molecule is CCCCc1ccc(C)c2c1/C=C/C[C@@H]1OC(C)(C)O[C@@H]1C(O)/C=C\[C@@H](C)[C@H](C)OC2=O.CO.C[C@@H]1/C=C\C(=O)[C@@H](O)[C@@H](O)C/C=C/c2c(CCCO)ccc(O)c2C(=O)O[C@H]1C.Cc1ccc(CCCO)c2c1C(=O)O[C@@H](C)[C@H](C)/C=C\C(=O)[C@H]1OC(C)(C)O[C@H]1CC=C2. The molecular weight excluding hydrogens is 1220 g/mol. The van der Waals surface area contributed by atoms with Crippen molar-refractivity contribution in [2.75, 3.05) is 20.3 Å². The number of aliphatic hydroxyl groups is 6. The molecule has 0 aromatic heterocycles. The first-order chi connectivity index (χ1) is 45.0. The number of fused-ring (bicyclic) bond motifs is 5. The summed E-state index contributed by atoms with van der Waals surface area (Å²) in [5, 5.41) is 66.7. The van der Waals surface area contributed by atoms with Gasteiger partial charge in [-0.1, -0.05) is 125 Å². The molecule has 5 heterocycles. The fourth-order valence-electron chi connectivity index (χ4n) is 11.5. The molecule has 1 unspecified atom stereocenters. The maximum Gasteiger partial charge on any atom is 0.342 e. The van der Waals surface area contributed by atoms with Crippen molar-refractivity contribution in [3.05, 3.63) is 152 Å². The third-order valence-corrected chi connectivity index (χ3v) is 17.5. The quantitative estimate of drug-likeness (QED) is 0.0595. The summed E-state index contributed by atoms with van der Waals surface area (Å²) in [5.74, 6) is -4.58. The van der Waals surface area contributed by atoms with Gasteiger partial charge >= 0.3 is 17.9 Å². The molecule has 2 fully saturated rings. The number of unbranched alkanes of at least 4 members (excludes halogenated alkanes) is 1. The molecule has 2 saturated heterocycles. The Balaban J connectivity index is 0.000000255. The first-order valence-corrected chi connectivity index (χ1v) is 33.3. The Hall–Kier alpha value is -6.75. The number of aliphatic hydroxyl groups excluding tert-OH is 6. The number of ether oxygens (including phenoxy) is 7. The molecule has 5 aliphatic heterocycles. The number of carbonyl (C=O) groups excluding carboxylic acids is 5. The molecule has 0 saturated carbocycles. The van der Waals surface area contributed by atoms with Crippen LogP contribution in [0.1, 0.15) is 197 Å². The van der Waals surface area contributed by atoms with Gasteiger partial charge in [-0.3, -0.25) is 9.59 Å². The number of esters is 3. The highest BCUT2D eigenvalue weighted by Crippen LogP contribution is 2.36. The molecule has 19 nitrogen and oxygen atoms in total. The van der Waals surface area contributed by atoms with Gasteiger partial charge in [0.1, 0.15) is 54.0 Å². The van der Waals surface area contributed by atoms with Gasteiger partial charge in [0, 0.05) is 38.1 Å². The van der Waals surface area contributed by atoms with Gasteiger partial charge in [0.15, 0.2) is 23.1 Å². The van der Waals surface area contributed by atoms with Crippen LogP contribution in [0.15, 0.2) is 91.1 Å². The van der Waals surface area contributed by atoms with Crippen molar-refractivity contribution < 1.29 is 92.9 Å². The van der Waals surface area contributed by atoms with Crippen LogP contribution in [-0.2, 0) is 62.0 Å². The van der Waals surface area contributed by atoms with E-state index >= 15 is 0 Å². The second-order valence-corrected chi connectivity index (χ2v) is 25.9. The van der Waals surface area contributed by atoms with E-state index in [-0.39, 0.29) is 78.6 Å². The summed E-state index contributed by atoms with van der Waals surface area (Å²) >= 11 is 0. The number of phenols is 1. The molecule has 3 aromatic rings. The number of rotatable bonds is 9. The van der Waals surface area contributed by atoms with E-state index in [9.17, 15) is 49.5 Å². The highest BCUT2D eigenvalue weighted by Gasteiger charge is 2.45. The first-order valence-electron chi connectivity index (χ1n) is 33.3. The van der Waals surface area contributed by atoms with Crippen molar-refractivity contribution in [2.24, 2.45) is 17.8 Å². The third-order valence-electron chi connectivity index (χ3n) is 17.5. The number of hydrogen-bond donors (Lipinski definition) is 7. The summed E-state index contributed by atoms with van der Waals surface area (Å²) in [6.07, 6.45) is 19.8. The van der Waals surface area contributed by atoms with Crippen LogP contribution in [0.25, 0.3) is 18.2 Å². The van der Waals surface area contributed by atoms with Crippen LogP contribution in [0.3, 0.4) is 0 Å². The van der Waals surface area contributed by atoms with Crippen molar-refractivity contribution >= 4 is 47.7 Å². The molecule has 0 amide bonds. The van der Waals surface area contributed by atoms with Crippen LogP contribution < -0.4 is 0 Å². The molecule has 0 aliphatic carbocycles. The van der Waals surface area contributed by atoms with Crippen molar-refractivity contribution in [2.45, 2.75) is 227 Å². The van der Waals surface area contributed by atoms with Crippen molar-refractivity contribution in [1.82, 2.24) is 0 Å². The van der Waals surface area contributed by atoms with Crippen LogP contribution >= 0.6 is 0 Å². The topological polar surface area (TPSA) is 292 Å². The molecule has 522 valence electrons. The summed E-state index contributed by atoms with van der Waals surface area (Å²) in [4.78, 5) is 64.1. The summed E-state index contributed by atoms with van der Waals surface area (Å²) in [7, 11) is 1.00. The zero-order valence-corrected chi connectivity index (χ0v) is 57.9. The van der Waals surface area contributed by atoms with Crippen LogP contribution in [0.2, 0.25) is 0 Å². The number of ketones is 2. The van der Waals surface area contributed by atoms with E-state index in [0.717, 1.165) is 65.3 Å². The van der Waals surface area contributed by atoms with Gasteiger partial charge in [0.25, 0.3) is 0 Å². The Morgan fingerprint density at radius 2 is 0.895 bits per heavy atom. The maximum atomic E-state index is 13.2. The highest BCUT2D eigenvalue weighted by atomic mass is 16.8. The van der Waals surface area contributed by atoms with Crippen LogP contribution in [-0.4, -0.2) is 158 Å². The number of benzene rings is 3. The lowest BCUT2D eigenvalue weighted by Gasteiger charge is -2.23. The van der Waals surface area contributed by atoms with E-state index in [1.165, 1.54) is 30.4 Å². The Morgan fingerprint density at radius 1 is 0.484 bits per heavy atom. The summed E-state index contributed by atoms with van der Waals surface area (Å²) in [5.41, 5.74) is 7.88. The van der Waals surface area contributed by atoms with Crippen LogP contribution in [0.5, 0.6) is 5.75 Å². The van der Waals surface area contributed by atoms with Crippen molar-refractivity contribution in [3.8, 4) is 5.75 Å². The molecule has 95 heavy (non-hydrogen) atoms. The van der Waals surface area contributed by atoms with E-state index in [0.29, 0.717) is 55.2 Å². The number of aromatic hydroxyl groups is 1. The van der Waals surface area contributed by atoms with Gasteiger partial charge < -0.3 is 68.9 Å². The van der Waals surface area contributed by atoms with Gasteiger partial charge in [-0.25, -0.2) is 14.4 Å². The molecule has 0 spiro atoms. The smallest absolute Gasteiger partial charge is 0.342 e. The molecule has 19 heteroatoms. The van der Waals surface area contributed by atoms with E-state index in [1.807, 2.05) is 104 Å². The molecule has 8 rings (SSSR count). The average molecular weight is 1320 g/mol. The van der Waals surface area contributed by atoms with E-state index in [1.54, 1.807) is 52.0 Å². The fourth-order valence-corrected chi connectivity index (χ4v) is 11.5. The summed E-state index contributed by atoms with van der Waals surface area (Å²) in [6, 6.07) is 11.1. The highest BCUT2D eigenvalue weighted by molar-refractivity contribution is 5.99. The predicted molar refractivity (Wildman–Crippen MR) is 364 cm³/mol. The summed E-state index contributed by atoms with van der Waals surface area (Å²) < 4.78 is 41.2. The molecule has 5 aliphatic rings. The number of cyclic esters (lactones) is 3.